The molecule has 0 radical (unpaired) electrons. The first-order chi connectivity index (χ1) is 13.5. The summed E-state index contributed by atoms with van der Waals surface area (Å²) in [5.74, 6) is 2.85. The zero-order valence-corrected chi connectivity index (χ0v) is 17.1. The van der Waals surface area contributed by atoms with Crippen molar-refractivity contribution in [3.63, 3.8) is 0 Å². The Morgan fingerprint density at radius 1 is 1.21 bits per heavy atom. The van der Waals surface area contributed by atoms with Gasteiger partial charge in [0.05, 0.1) is 5.41 Å². The Hall–Kier alpha value is -2.09. The smallest absolute Gasteiger partial charge is 0.231 e. The van der Waals surface area contributed by atoms with E-state index in [1.807, 2.05) is 0 Å². The molecule has 1 aromatic rings. The highest BCUT2D eigenvalue weighted by Gasteiger charge is 2.50. The normalized spacial score (nSPS) is 33.2. The number of hydrogen-bond acceptors (Lipinski definition) is 4. The first-order valence-corrected chi connectivity index (χ1v) is 10.8. The zero-order chi connectivity index (χ0) is 19.7. The van der Waals surface area contributed by atoms with E-state index in [2.05, 4.69) is 29.8 Å². The van der Waals surface area contributed by atoms with Crippen molar-refractivity contribution in [2.24, 2.45) is 23.2 Å². The summed E-state index contributed by atoms with van der Waals surface area (Å²) in [5.41, 5.74) is 0.348. The minimum absolute atomic E-state index is 0.0202. The maximum absolute atomic E-state index is 13.6. The van der Waals surface area contributed by atoms with Crippen LogP contribution in [0.25, 0.3) is 0 Å². The highest BCUT2D eigenvalue weighted by Crippen LogP contribution is 2.53. The number of nitrogens with zero attached hydrogens (tertiary/aromatic N) is 3. The van der Waals surface area contributed by atoms with Crippen LogP contribution in [0.15, 0.2) is 18.3 Å². The molecule has 150 valence electrons. The lowest BCUT2D eigenvalue weighted by atomic mass is 9.56. The van der Waals surface area contributed by atoms with Gasteiger partial charge in [-0.05, 0) is 62.0 Å². The predicted molar refractivity (Wildman–Crippen MR) is 107 cm³/mol. The van der Waals surface area contributed by atoms with Gasteiger partial charge in [0.2, 0.25) is 11.8 Å². The van der Waals surface area contributed by atoms with Crippen molar-refractivity contribution in [1.29, 1.82) is 5.26 Å². The molecule has 2 unspecified atom stereocenters. The van der Waals surface area contributed by atoms with Crippen molar-refractivity contribution in [2.75, 3.05) is 13.1 Å². The molecule has 2 bridgehead atoms. The van der Waals surface area contributed by atoms with Crippen molar-refractivity contribution in [3.8, 4) is 11.9 Å². The van der Waals surface area contributed by atoms with E-state index in [1.165, 1.54) is 12.8 Å². The second kappa shape index (κ2) is 7.73. The molecule has 4 rings (SSSR count). The Morgan fingerprint density at radius 3 is 2.54 bits per heavy atom. The molecular weight excluding hydrogens is 350 g/mol. The molecule has 0 aromatic carbocycles. The molecule has 0 N–H and O–H groups in total. The minimum atomic E-state index is -0.122. The monoisotopic (exact) mass is 381 g/mol. The van der Waals surface area contributed by atoms with Crippen molar-refractivity contribution in [3.05, 3.63) is 23.9 Å². The molecule has 2 atom stereocenters. The van der Waals surface area contributed by atoms with E-state index < -0.39 is 0 Å². The molecule has 1 amide bonds. The predicted octanol–water partition coefficient (Wildman–Crippen LogP) is 4.18. The minimum Gasteiger partial charge on any atom is -0.473 e. The lowest BCUT2D eigenvalue weighted by molar-refractivity contribution is -0.153. The molecule has 2 aliphatic carbocycles. The van der Waals surface area contributed by atoms with E-state index in [0.29, 0.717) is 29.2 Å². The number of carbonyl (C=O) groups excluding carboxylic acids is 1. The summed E-state index contributed by atoms with van der Waals surface area (Å²) in [6.07, 6.45) is 9.07. The second-order valence-corrected chi connectivity index (χ2v) is 9.52. The third-order valence-corrected chi connectivity index (χ3v) is 6.98. The SMILES string of the molecule is CC1CC2CC(C)CC(C(=O)N3CCC(Oc4ncccc4C#N)CC3)(C1)C2. The molecule has 28 heavy (non-hydrogen) atoms. The number of carbonyl (C=O) groups is 1. The Morgan fingerprint density at radius 2 is 1.89 bits per heavy atom. The van der Waals surface area contributed by atoms with Crippen molar-refractivity contribution in [1.82, 2.24) is 9.88 Å². The summed E-state index contributed by atoms with van der Waals surface area (Å²) in [4.78, 5) is 19.9. The van der Waals surface area contributed by atoms with Crippen LogP contribution in [-0.2, 0) is 4.79 Å². The number of ether oxygens (including phenoxy) is 1. The van der Waals surface area contributed by atoms with Gasteiger partial charge in [0.15, 0.2) is 0 Å². The van der Waals surface area contributed by atoms with Crippen molar-refractivity contribution in [2.45, 2.75) is 64.9 Å². The lowest BCUT2D eigenvalue weighted by Gasteiger charge is -2.51. The van der Waals surface area contributed by atoms with Crippen LogP contribution in [0.2, 0.25) is 0 Å². The van der Waals surface area contributed by atoms with Crippen LogP contribution in [0.1, 0.15) is 64.4 Å². The topological polar surface area (TPSA) is 66.2 Å². The summed E-state index contributed by atoms with van der Waals surface area (Å²) >= 11 is 0. The molecule has 5 nitrogen and oxygen atoms in total. The Kier molecular flexibility index (Phi) is 5.31. The quantitative estimate of drug-likeness (QED) is 0.788. The van der Waals surface area contributed by atoms with Gasteiger partial charge in [-0.1, -0.05) is 13.8 Å². The largest absolute Gasteiger partial charge is 0.473 e. The van der Waals surface area contributed by atoms with E-state index in [1.54, 1.807) is 18.3 Å². The van der Waals surface area contributed by atoms with E-state index in [-0.39, 0.29) is 11.5 Å². The van der Waals surface area contributed by atoms with Crippen LogP contribution >= 0.6 is 0 Å². The number of nitriles is 1. The highest BCUT2D eigenvalue weighted by molar-refractivity contribution is 5.83. The van der Waals surface area contributed by atoms with Gasteiger partial charge in [0.25, 0.3) is 0 Å². The summed E-state index contributed by atoms with van der Waals surface area (Å²) in [5, 5.41) is 9.21. The number of likely N-dealkylation sites (tertiary alicyclic amines) is 1. The fraction of sp³-hybridized carbons (Fsp3) is 0.696. The van der Waals surface area contributed by atoms with Gasteiger partial charge >= 0.3 is 0 Å². The molecule has 3 fully saturated rings. The molecule has 1 saturated heterocycles. The molecule has 2 saturated carbocycles. The lowest BCUT2D eigenvalue weighted by Crippen LogP contribution is -2.53. The summed E-state index contributed by atoms with van der Waals surface area (Å²) in [6.45, 7) is 6.13. The first kappa shape index (κ1) is 19.2. The fourth-order valence-corrected chi connectivity index (χ4v) is 6.21. The number of pyridine rings is 1. The number of hydrogen-bond donors (Lipinski definition) is 0. The average molecular weight is 382 g/mol. The van der Waals surface area contributed by atoms with Crippen LogP contribution in [0.3, 0.4) is 0 Å². The standard InChI is InChI=1S/C23H31N3O2/c1-16-10-18-11-17(2)13-23(12-16,14-18)22(27)26-8-5-20(6-9-26)28-21-19(15-24)4-3-7-25-21/h3-4,7,16-18,20H,5-6,8-14H2,1-2H3. The van der Waals surface area contributed by atoms with E-state index in [0.717, 1.165) is 51.1 Å². The van der Waals surface area contributed by atoms with Crippen molar-refractivity contribution < 1.29 is 9.53 Å². The van der Waals surface area contributed by atoms with Crippen molar-refractivity contribution >= 4 is 5.91 Å². The Balaban J connectivity index is 1.39. The molecule has 2 heterocycles. The number of fused-ring (bicyclic) bond motifs is 2. The second-order valence-electron chi connectivity index (χ2n) is 9.52. The summed E-state index contributed by atoms with van der Waals surface area (Å²) in [7, 11) is 0. The number of piperidine rings is 1. The van der Waals surface area contributed by atoms with Crippen LogP contribution in [0.4, 0.5) is 0 Å². The van der Waals surface area contributed by atoms with Gasteiger partial charge < -0.3 is 9.64 Å². The zero-order valence-electron chi connectivity index (χ0n) is 17.1. The maximum Gasteiger partial charge on any atom is 0.231 e. The van der Waals surface area contributed by atoms with Crippen LogP contribution in [0.5, 0.6) is 5.88 Å². The molecule has 0 spiro atoms. The molecular formula is C23H31N3O2. The van der Waals surface area contributed by atoms with Gasteiger partial charge in [0, 0.05) is 32.1 Å². The first-order valence-electron chi connectivity index (χ1n) is 10.8. The molecule has 3 aliphatic rings. The maximum atomic E-state index is 13.6. The molecule has 1 aliphatic heterocycles. The number of rotatable bonds is 3. The number of amides is 1. The van der Waals surface area contributed by atoms with E-state index in [9.17, 15) is 10.1 Å². The summed E-state index contributed by atoms with van der Waals surface area (Å²) < 4.78 is 5.99. The summed E-state index contributed by atoms with van der Waals surface area (Å²) in [6, 6.07) is 5.61. The molecule has 1 aromatic heterocycles. The fourth-order valence-electron chi connectivity index (χ4n) is 6.21. The van der Waals surface area contributed by atoms with Gasteiger partial charge in [-0.15, -0.1) is 0 Å². The van der Waals surface area contributed by atoms with Gasteiger partial charge in [-0.25, -0.2) is 4.98 Å². The molecule has 5 heteroatoms. The van der Waals surface area contributed by atoms with Gasteiger partial charge in [-0.3, -0.25) is 4.79 Å². The van der Waals surface area contributed by atoms with Crippen LogP contribution < -0.4 is 4.74 Å². The third kappa shape index (κ3) is 3.74. The Bertz CT molecular complexity index is 744. The van der Waals surface area contributed by atoms with E-state index in [4.69, 9.17) is 4.74 Å². The van der Waals surface area contributed by atoms with Gasteiger partial charge in [-0.2, -0.15) is 5.26 Å². The van der Waals surface area contributed by atoms with E-state index >= 15 is 0 Å². The van der Waals surface area contributed by atoms with Crippen LogP contribution in [0, 0.1) is 34.5 Å². The number of aromatic nitrogens is 1. The van der Waals surface area contributed by atoms with Crippen LogP contribution in [-0.4, -0.2) is 35.0 Å². The highest BCUT2D eigenvalue weighted by atomic mass is 16.5. The van der Waals surface area contributed by atoms with Gasteiger partial charge in [0.1, 0.15) is 17.7 Å². The average Bonchev–Trinajstić information content (AvgIpc) is 2.67. The third-order valence-electron chi connectivity index (χ3n) is 6.98. The Labute approximate surface area is 168 Å².